The van der Waals surface area contributed by atoms with Crippen LogP contribution in [0.3, 0.4) is 0 Å². The average molecular weight is 330 g/mol. The second-order valence-corrected chi connectivity index (χ2v) is 6.12. The zero-order valence-electron chi connectivity index (χ0n) is 14.0. The van der Waals surface area contributed by atoms with Crippen molar-refractivity contribution in [3.8, 4) is 5.82 Å². The number of carbonyl (C=O) groups excluding carboxylic acids is 1. The van der Waals surface area contributed by atoms with E-state index in [4.69, 9.17) is 0 Å². The first kappa shape index (κ1) is 16.3. The van der Waals surface area contributed by atoms with Gasteiger partial charge in [-0.05, 0) is 27.1 Å². The van der Waals surface area contributed by atoms with Gasteiger partial charge in [-0.15, -0.1) is 0 Å². The van der Waals surface area contributed by atoms with E-state index < -0.39 is 0 Å². The molecule has 0 spiro atoms. The van der Waals surface area contributed by atoms with Crippen LogP contribution in [0.25, 0.3) is 5.82 Å². The summed E-state index contributed by atoms with van der Waals surface area (Å²) in [6.07, 6.45) is 5.51. The Kier molecular flexibility index (Phi) is 4.99. The summed E-state index contributed by atoms with van der Waals surface area (Å²) < 4.78 is 1.58. The molecular formula is C15H22N8O. The maximum Gasteiger partial charge on any atom is 0.226 e. The fourth-order valence-corrected chi connectivity index (χ4v) is 2.54. The molecule has 0 aliphatic carbocycles. The van der Waals surface area contributed by atoms with Crippen LogP contribution in [-0.4, -0.2) is 75.8 Å². The molecule has 0 aromatic carbocycles. The Balaban J connectivity index is 1.48. The topological polar surface area (TPSA) is 92.1 Å². The zero-order valence-corrected chi connectivity index (χ0v) is 14.0. The summed E-state index contributed by atoms with van der Waals surface area (Å²) >= 11 is 0. The van der Waals surface area contributed by atoms with Crippen LogP contribution in [0.4, 0.5) is 5.82 Å². The lowest BCUT2D eigenvalue weighted by molar-refractivity contribution is -0.125. The second-order valence-electron chi connectivity index (χ2n) is 6.12. The van der Waals surface area contributed by atoms with Gasteiger partial charge in [0.25, 0.3) is 0 Å². The van der Waals surface area contributed by atoms with Gasteiger partial charge in [-0.25, -0.2) is 19.6 Å². The van der Waals surface area contributed by atoms with Gasteiger partial charge < -0.3 is 15.1 Å². The third kappa shape index (κ3) is 3.85. The largest absolute Gasteiger partial charge is 0.356 e. The summed E-state index contributed by atoms with van der Waals surface area (Å²) in [5.41, 5.74) is 0. The first-order chi connectivity index (χ1) is 11.6. The molecule has 9 nitrogen and oxygen atoms in total. The molecule has 1 fully saturated rings. The molecule has 1 aliphatic rings. The predicted molar refractivity (Wildman–Crippen MR) is 88.8 cm³/mol. The molecule has 24 heavy (non-hydrogen) atoms. The SMILES string of the molecule is CN(C)CCCNC(=O)C1CN(c2cc(-n3cncn3)ncn2)C1. The van der Waals surface area contributed by atoms with Crippen molar-refractivity contribution in [2.24, 2.45) is 5.92 Å². The summed E-state index contributed by atoms with van der Waals surface area (Å²) in [5, 5.41) is 7.06. The van der Waals surface area contributed by atoms with E-state index in [1.54, 1.807) is 11.0 Å². The van der Waals surface area contributed by atoms with E-state index in [-0.39, 0.29) is 11.8 Å². The third-order valence-electron chi connectivity index (χ3n) is 3.95. The number of nitrogens with zero attached hydrogens (tertiary/aromatic N) is 7. The van der Waals surface area contributed by atoms with Crippen LogP contribution >= 0.6 is 0 Å². The number of carbonyl (C=O) groups is 1. The molecule has 1 N–H and O–H groups in total. The smallest absolute Gasteiger partial charge is 0.226 e. The molecule has 0 saturated carbocycles. The average Bonchev–Trinajstić information content (AvgIpc) is 3.05. The van der Waals surface area contributed by atoms with E-state index in [2.05, 4.69) is 35.2 Å². The van der Waals surface area contributed by atoms with Crippen molar-refractivity contribution in [1.82, 2.24) is 34.9 Å². The molecule has 3 rings (SSSR count). The number of aromatic nitrogens is 5. The number of nitrogens with one attached hydrogen (secondary N) is 1. The molecule has 128 valence electrons. The highest BCUT2D eigenvalue weighted by molar-refractivity contribution is 5.81. The minimum Gasteiger partial charge on any atom is -0.356 e. The monoisotopic (exact) mass is 330 g/mol. The van der Waals surface area contributed by atoms with Gasteiger partial charge in [0.2, 0.25) is 5.91 Å². The lowest BCUT2D eigenvalue weighted by atomic mass is 9.99. The van der Waals surface area contributed by atoms with Crippen molar-refractivity contribution >= 4 is 11.7 Å². The van der Waals surface area contributed by atoms with E-state index in [1.165, 1.54) is 12.7 Å². The molecule has 1 amide bonds. The van der Waals surface area contributed by atoms with Crippen molar-refractivity contribution < 1.29 is 4.79 Å². The first-order valence-electron chi connectivity index (χ1n) is 7.98. The van der Waals surface area contributed by atoms with E-state index in [1.807, 2.05) is 20.2 Å². The van der Waals surface area contributed by atoms with E-state index in [0.717, 1.165) is 25.3 Å². The molecule has 9 heteroatoms. The molecule has 3 heterocycles. The van der Waals surface area contributed by atoms with Gasteiger partial charge in [0.1, 0.15) is 24.8 Å². The maximum absolute atomic E-state index is 12.1. The van der Waals surface area contributed by atoms with Crippen LogP contribution in [0.2, 0.25) is 0 Å². The Bertz CT molecular complexity index is 666. The molecule has 0 unspecified atom stereocenters. The van der Waals surface area contributed by atoms with Gasteiger partial charge in [0.15, 0.2) is 5.82 Å². The third-order valence-corrected chi connectivity index (χ3v) is 3.95. The lowest BCUT2D eigenvalue weighted by Crippen LogP contribution is -2.54. The van der Waals surface area contributed by atoms with Gasteiger partial charge in [-0.2, -0.15) is 5.10 Å². The molecule has 0 bridgehead atoms. The number of hydrogen-bond donors (Lipinski definition) is 1. The molecule has 1 aliphatic heterocycles. The molecule has 2 aromatic rings. The van der Waals surface area contributed by atoms with Crippen molar-refractivity contribution in [2.45, 2.75) is 6.42 Å². The fraction of sp³-hybridized carbons (Fsp3) is 0.533. The summed E-state index contributed by atoms with van der Waals surface area (Å²) in [4.78, 5) is 28.6. The Morgan fingerprint density at radius 1 is 1.29 bits per heavy atom. The first-order valence-corrected chi connectivity index (χ1v) is 7.98. The summed E-state index contributed by atoms with van der Waals surface area (Å²) in [7, 11) is 4.06. The van der Waals surface area contributed by atoms with Crippen molar-refractivity contribution in [3.63, 3.8) is 0 Å². The Morgan fingerprint density at radius 2 is 2.08 bits per heavy atom. The standard InChI is InChI=1S/C15H22N8O/c1-21(2)5-3-4-17-15(24)12-7-22(8-12)13-6-14(19-10-18-13)23-11-16-9-20-23/h6,9-12H,3-5,7-8H2,1-2H3,(H,17,24). The fourth-order valence-electron chi connectivity index (χ4n) is 2.54. The van der Waals surface area contributed by atoms with Crippen LogP contribution < -0.4 is 10.2 Å². The van der Waals surface area contributed by atoms with Crippen LogP contribution in [0, 0.1) is 5.92 Å². The molecule has 2 aromatic heterocycles. The van der Waals surface area contributed by atoms with E-state index >= 15 is 0 Å². The Hall–Kier alpha value is -2.55. The zero-order chi connectivity index (χ0) is 16.9. The van der Waals surface area contributed by atoms with E-state index in [0.29, 0.717) is 18.9 Å². The predicted octanol–water partition coefficient (Wildman–Crippen LogP) is -0.439. The van der Waals surface area contributed by atoms with Gasteiger partial charge in [-0.3, -0.25) is 4.79 Å². The van der Waals surface area contributed by atoms with Crippen molar-refractivity contribution in [3.05, 3.63) is 25.0 Å². The minimum absolute atomic E-state index is 0.0224. The highest BCUT2D eigenvalue weighted by atomic mass is 16.2. The quantitative estimate of drug-likeness (QED) is 0.688. The summed E-state index contributed by atoms with van der Waals surface area (Å²) in [6, 6.07) is 1.85. The number of hydrogen-bond acceptors (Lipinski definition) is 7. The molecular weight excluding hydrogens is 308 g/mol. The Labute approximate surface area is 140 Å². The highest BCUT2D eigenvalue weighted by Crippen LogP contribution is 2.23. The highest BCUT2D eigenvalue weighted by Gasteiger charge is 2.33. The molecule has 0 radical (unpaired) electrons. The van der Waals surface area contributed by atoms with Crippen LogP contribution in [0.15, 0.2) is 25.0 Å². The van der Waals surface area contributed by atoms with Crippen LogP contribution in [-0.2, 0) is 4.79 Å². The molecule has 0 atom stereocenters. The van der Waals surface area contributed by atoms with Gasteiger partial charge in [-0.1, -0.05) is 0 Å². The van der Waals surface area contributed by atoms with Gasteiger partial charge >= 0.3 is 0 Å². The minimum atomic E-state index is 0.0224. The maximum atomic E-state index is 12.1. The number of anilines is 1. The number of rotatable bonds is 7. The second kappa shape index (κ2) is 7.35. The number of amides is 1. The lowest BCUT2D eigenvalue weighted by Gasteiger charge is -2.39. The van der Waals surface area contributed by atoms with E-state index in [9.17, 15) is 4.79 Å². The summed E-state index contributed by atoms with van der Waals surface area (Å²) in [5.74, 6) is 1.60. The van der Waals surface area contributed by atoms with Crippen LogP contribution in [0.1, 0.15) is 6.42 Å². The van der Waals surface area contributed by atoms with Gasteiger partial charge in [0.05, 0.1) is 5.92 Å². The van der Waals surface area contributed by atoms with Gasteiger partial charge in [0, 0.05) is 25.7 Å². The molecule has 1 saturated heterocycles. The van der Waals surface area contributed by atoms with Crippen LogP contribution in [0.5, 0.6) is 0 Å². The summed E-state index contributed by atoms with van der Waals surface area (Å²) in [6.45, 7) is 3.04. The van der Waals surface area contributed by atoms with Crippen molar-refractivity contribution in [2.75, 3.05) is 45.2 Å². The Morgan fingerprint density at radius 3 is 2.79 bits per heavy atom. The van der Waals surface area contributed by atoms with Crippen molar-refractivity contribution in [1.29, 1.82) is 0 Å². The normalized spacial score (nSPS) is 14.7.